The summed E-state index contributed by atoms with van der Waals surface area (Å²) in [6.07, 6.45) is 3.94. The Hall–Kier alpha value is -2.79. The highest BCUT2D eigenvalue weighted by molar-refractivity contribution is 5.84. The highest BCUT2D eigenvalue weighted by atomic mass is 16.1. The van der Waals surface area contributed by atoms with Crippen LogP contribution in [-0.2, 0) is 17.6 Å². The van der Waals surface area contributed by atoms with Crippen LogP contribution in [-0.4, -0.2) is 22.4 Å². The fourth-order valence-electron chi connectivity index (χ4n) is 3.91. The fourth-order valence-corrected chi connectivity index (χ4v) is 3.91. The van der Waals surface area contributed by atoms with Crippen molar-refractivity contribution in [2.45, 2.75) is 32.2 Å². The molecule has 5 heteroatoms. The summed E-state index contributed by atoms with van der Waals surface area (Å²) in [7, 11) is 0. The lowest BCUT2D eigenvalue weighted by Crippen LogP contribution is -2.39. The van der Waals surface area contributed by atoms with Crippen molar-refractivity contribution in [2.75, 3.05) is 6.54 Å². The number of nitrogens with one attached hydrogen (secondary N) is 1. The molecule has 27 heavy (non-hydrogen) atoms. The molecule has 3 N–H and O–H groups in total. The van der Waals surface area contributed by atoms with Gasteiger partial charge in [0, 0.05) is 23.9 Å². The number of aromatic nitrogens is 2. The molecule has 138 valence electrons. The van der Waals surface area contributed by atoms with Crippen LogP contribution in [0.15, 0.2) is 48.8 Å². The lowest BCUT2D eigenvalue weighted by molar-refractivity contribution is -0.126. The molecule has 0 saturated heterocycles. The second-order valence-electron chi connectivity index (χ2n) is 7.23. The maximum atomic E-state index is 12.9. The largest absolute Gasteiger partial charge is 0.348 e. The highest BCUT2D eigenvalue weighted by Crippen LogP contribution is 2.27. The Morgan fingerprint density at radius 3 is 2.85 bits per heavy atom. The molecular weight excluding hydrogens is 336 g/mol. The minimum Gasteiger partial charge on any atom is -0.348 e. The number of nitrogens with two attached hydrogens (primary N) is 1. The first-order chi connectivity index (χ1) is 13.2. The van der Waals surface area contributed by atoms with Crippen molar-refractivity contribution in [1.29, 1.82) is 0 Å². The van der Waals surface area contributed by atoms with Crippen molar-refractivity contribution in [1.82, 2.24) is 15.3 Å². The number of rotatable bonds is 4. The normalized spacial score (nSPS) is 17.3. The summed E-state index contributed by atoms with van der Waals surface area (Å²) in [5.74, 6) is 0.00391. The minimum absolute atomic E-state index is 0.0586. The highest BCUT2D eigenvalue weighted by Gasteiger charge is 2.28. The first-order valence-corrected chi connectivity index (χ1v) is 9.44. The Balaban J connectivity index is 1.51. The van der Waals surface area contributed by atoms with Crippen LogP contribution in [0.2, 0.25) is 0 Å². The number of nitrogens with zero attached hydrogens (tertiary/aromatic N) is 2. The third kappa shape index (κ3) is 3.55. The predicted molar refractivity (Wildman–Crippen MR) is 106 cm³/mol. The molecule has 2 unspecified atom stereocenters. The van der Waals surface area contributed by atoms with E-state index in [-0.39, 0.29) is 17.9 Å². The molecule has 0 spiro atoms. The summed E-state index contributed by atoms with van der Waals surface area (Å²) in [5, 5.41) is 5.50. The summed E-state index contributed by atoms with van der Waals surface area (Å²) in [5.41, 5.74) is 10.2. The Bertz CT molecular complexity index is 985. The van der Waals surface area contributed by atoms with E-state index in [4.69, 9.17) is 5.73 Å². The van der Waals surface area contributed by atoms with E-state index < -0.39 is 0 Å². The van der Waals surface area contributed by atoms with Crippen LogP contribution in [0, 0.1) is 12.8 Å². The zero-order valence-electron chi connectivity index (χ0n) is 15.5. The van der Waals surface area contributed by atoms with Crippen LogP contribution in [0.25, 0.3) is 10.8 Å². The van der Waals surface area contributed by atoms with Gasteiger partial charge in [-0.2, -0.15) is 0 Å². The molecule has 5 nitrogen and oxygen atoms in total. The summed E-state index contributed by atoms with van der Waals surface area (Å²) < 4.78 is 0. The van der Waals surface area contributed by atoms with Crippen LogP contribution in [0.3, 0.4) is 0 Å². The lowest BCUT2D eigenvalue weighted by atomic mass is 9.85. The second-order valence-corrected chi connectivity index (χ2v) is 7.23. The summed E-state index contributed by atoms with van der Waals surface area (Å²) in [6, 6.07) is 14.3. The van der Waals surface area contributed by atoms with E-state index >= 15 is 0 Å². The lowest BCUT2D eigenvalue weighted by Gasteiger charge is -2.26. The van der Waals surface area contributed by atoms with Gasteiger partial charge >= 0.3 is 0 Å². The molecule has 1 aliphatic carbocycles. The molecule has 1 heterocycles. The summed E-state index contributed by atoms with van der Waals surface area (Å²) >= 11 is 0. The van der Waals surface area contributed by atoms with Gasteiger partial charge in [-0.05, 0) is 54.2 Å². The van der Waals surface area contributed by atoms with Crippen molar-refractivity contribution in [2.24, 2.45) is 11.7 Å². The Morgan fingerprint density at radius 2 is 2.04 bits per heavy atom. The SMILES string of the molecule is Cc1ncnc2c1CC(C(=O)NC(CN)c1ccc3ccccc3c1)CC2. The van der Waals surface area contributed by atoms with E-state index in [0.717, 1.165) is 40.7 Å². The first-order valence-electron chi connectivity index (χ1n) is 9.44. The van der Waals surface area contributed by atoms with E-state index in [1.165, 1.54) is 5.39 Å². The smallest absolute Gasteiger partial charge is 0.223 e. The first kappa shape index (κ1) is 17.6. The van der Waals surface area contributed by atoms with Crippen LogP contribution in [0.4, 0.5) is 0 Å². The van der Waals surface area contributed by atoms with Gasteiger partial charge in [-0.15, -0.1) is 0 Å². The Morgan fingerprint density at radius 1 is 1.22 bits per heavy atom. The molecule has 1 aromatic heterocycles. The summed E-state index contributed by atoms with van der Waals surface area (Å²) in [4.78, 5) is 21.6. The number of fused-ring (bicyclic) bond motifs is 2. The van der Waals surface area contributed by atoms with Gasteiger partial charge in [0.2, 0.25) is 5.91 Å². The van der Waals surface area contributed by atoms with Gasteiger partial charge in [0.25, 0.3) is 0 Å². The number of carbonyl (C=O) groups is 1. The van der Waals surface area contributed by atoms with Gasteiger partial charge < -0.3 is 11.1 Å². The number of benzene rings is 2. The van der Waals surface area contributed by atoms with Crippen LogP contribution < -0.4 is 11.1 Å². The van der Waals surface area contributed by atoms with E-state index in [9.17, 15) is 4.79 Å². The van der Waals surface area contributed by atoms with E-state index in [2.05, 4.69) is 39.6 Å². The van der Waals surface area contributed by atoms with Crippen molar-refractivity contribution >= 4 is 16.7 Å². The minimum atomic E-state index is -0.184. The molecule has 0 fully saturated rings. The molecule has 0 bridgehead atoms. The number of aryl methyl sites for hydroxylation is 2. The maximum Gasteiger partial charge on any atom is 0.223 e. The Kier molecular flexibility index (Phi) is 4.86. The van der Waals surface area contributed by atoms with Gasteiger partial charge in [-0.1, -0.05) is 36.4 Å². The molecule has 3 aromatic rings. The average molecular weight is 360 g/mol. The van der Waals surface area contributed by atoms with Gasteiger partial charge in [0.15, 0.2) is 0 Å². The zero-order chi connectivity index (χ0) is 18.8. The molecular formula is C22H24N4O. The van der Waals surface area contributed by atoms with Crippen molar-refractivity contribution in [3.8, 4) is 0 Å². The van der Waals surface area contributed by atoms with Crippen molar-refractivity contribution < 1.29 is 4.79 Å². The third-order valence-electron chi connectivity index (χ3n) is 5.53. The maximum absolute atomic E-state index is 12.9. The monoisotopic (exact) mass is 360 g/mol. The third-order valence-corrected chi connectivity index (χ3v) is 5.53. The van der Waals surface area contributed by atoms with E-state index in [1.807, 2.05) is 25.1 Å². The molecule has 1 amide bonds. The topological polar surface area (TPSA) is 80.9 Å². The Labute approximate surface area is 159 Å². The molecule has 2 aromatic carbocycles. The van der Waals surface area contributed by atoms with Gasteiger partial charge in [0.05, 0.1) is 6.04 Å². The molecule has 0 aliphatic heterocycles. The molecule has 0 saturated carbocycles. The molecule has 4 rings (SSSR count). The van der Waals surface area contributed by atoms with Crippen molar-refractivity contribution in [3.05, 3.63) is 71.3 Å². The predicted octanol–water partition coefficient (Wildman–Crippen LogP) is 2.86. The second kappa shape index (κ2) is 7.45. The standard InChI is InChI=1S/C22H24N4O/c1-14-19-11-18(8-9-20(19)25-13-24-14)22(27)26-21(12-23)17-7-6-15-4-2-3-5-16(15)10-17/h2-7,10,13,18,21H,8-9,11-12,23H2,1H3,(H,26,27). The van der Waals surface area contributed by atoms with Gasteiger partial charge in [-0.3, -0.25) is 4.79 Å². The van der Waals surface area contributed by atoms with E-state index in [0.29, 0.717) is 13.0 Å². The van der Waals surface area contributed by atoms with E-state index in [1.54, 1.807) is 6.33 Å². The number of hydrogen-bond donors (Lipinski definition) is 2. The molecule has 2 atom stereocenters. The van der Waals surface area contributed by atoms with Crippen LogP contribution in [0.1, 0.15) is 35.0 Å². The average Bonchev–Trinajstić information content (AvgIpc) is 2.71. The number of hydrogen-bond acceptors (Lipinski definition) is 4. The molecule has 1 aliphatic rings. The van der Waals surface area contributed by atoms with Crippen LogP contribution in [0.5, 0.6) is 0 Å². The fraction of sp³-hybridized carbons (Fsp3) is 0.318. The van der Waals surface area contributed by atoms with Crippen molar-refractivity contribution in [3.63, 3.8) is 0 Å². The zero-order valence-corrected chi connectivity index (χ0v) is 15.5. The van der Waals surface area contributed by atoms with Gasteiger partial charge in [0.1, 0.15) is 6.33 Å². The quantitative estimate of drug-likeness (QED) is 0.750. The number of carbonyl (C=O) groups excluding carboxylic acids is 1. The van der Waals surface area contributed by atoms with Crippen LogP contribution >= 0.6 is 0 Å². The number of amides is 1. The summed E-state index contributed by atoms with van der Waals surface area (Å²) in [6.45, 7) is 2.36. The van der Waals surface area contributed by atoms with Gasteiger partial charge in [-0.25, -0.2) is 9.97 Å². The molecule has 0 radical (unpaired) electrons.